The molecule has 2 rings (SSSR count). The van der Waals surface area contributed by atoms with E-state index in [0.29, 0.717) is 24.4 Å². The van der Waals surface area contributed by atoms with Crippen LogP contribution in [0.3, 0.4) is 0 Å². The van der Waals surface area contributed by atoms with Gasteiger partial charge in [-0.3, -0.25) is 4.79 Å². The number of aryl methyl sites for hydroxylation is 2. The van der Waals surface area contributed by atoms with E-state index in [-0.39, 0.29) is 17.4 Å². The maximum absolute atomic E-state index is 12.1. The predicted molar refractivity (Wildman–Crippen MR) is 110 cm³/mol. The number of ether oxygens (including phenoxy) is 1. The molecule has 0 fully saturated rings. The summed E-state index contributed by atoms with van der Waals surface area (Å²) >= 11 is 3.42. The number of amides is 1. The van der Waals surface area contributed by atoms with Gasteiger partial charge in [-0.1, -0.05) is 22.9 Å². The molecule has 2 aromatic rings. The zero-order valence-electron chi connectivity index (χ0n) is 15.5. The van der Waals surface area contributed by atoms with Gasteiger partial charge in [0.1, 0.15) is 5.75 Å². The monoisotopic (exact) mass is 454 g/mol. The fourth-order valence-electron chi connectivity index (χ4n) is 2.50. The van der Waals surface area contributed by atoms with Crippen molar-refractivity contribution in [3.05, 3.63) is 52.0 Å². The highest BCUT2D eigenvalue weighted by Crippen LogP contribution is 2.27. The van der Waals surface area contributed by atoms with Crippen LogP contribution in [-0.2, 0) is 14.8 Å². The van der Waals surface area contributed by atoms with Crippen LogP contribution in [0.4, 0.5) is 5.69 Å². The fourth-order valence-corrected chi connectivity index (χ4v) is 4.32. The topological polar surface area (TPSA) is 84.5 Å². The van der Waals surface area contributed by atoms with Crippen molar-refractivity contribution in [2.75, 3.05) is 18.5 Å². The van der Waals surface area contributed by atoms with Gasteiger partial charge in [0.25, 0.3) is 5.91 Å². The van der Waals surface area contributed by atoms with Crippen LogP contribution in [0.5, 0.6) is 5.75 Å². The number of halogens is 1. The molecule has 0 saturated carbocycles. The number of hydrogen-bond donors (Lipinski definition) is 2. The average molecular weight is 455 g/mol. The third-order valence-electron chi connectivity index (χ3n) is 3.76. The lowest BCUT2D eigenvalue weighted by Crippen LogP contribution is -2.24. The maximum Gasteiger partial charge on any atom is 0.262 e. The van der Waals surface area contributed by atoms with E-state index in [2.05, 4.69) is 26.0 Å². The zero-order valence-corrected chi connectivity index (χ0v) is 17.9. The lowest BCUT2D eigenvalue weighted by atomic mass is 10.1. The molecule has 0 radical (unpaired) electrons. The lowest BCUT2D eigenvalue weighted by Gasteiger charge is -2.13. The van der Waals surface area contributed by atoms with E-state index in [0.717, 1.165) is 15.6 Å². The molecule has 0 bridgehead atoms. The molecule has 0 aliphatic heterocycles. The van der Waals surface area contributed by atoms with Crippen molar-refractivity contribution in [3.8, 4) is 5.75 Å². The van der Waals surface area contributed by atoms with Crippen LogP contribution in [0.15, 0.2) is 45.8 Å². The van der Waals surface area contributed by atoms with Crippen molar-refractivity contribution < 1.29 is 17.9 Å². The molecule has 27 heavy (non-hydrogen) atoms. The molecule has 146 valence electrons. The van der Waals surface area contributed by atoms with E-state index in [4.69, 9.17) is 4.74 Å². The van der Waals surface area contributed by atoms with E-state index in [9.17, 15) is 13.2 Å². The molecular formula is C19H23BrN2O4S. The second-order valence-corrected chi connectivity index (χ2v) is 8.81. The number of sulfonamides is 1. The molecule has 2 N–H and O–H groups in total. The van der Waals surface area contributed by atoms with Crippen LogP contribution in [0.2, 0.25) is 0 Å². The Kier molecular flexibility index (Phi) is 7.41. The van der Waals surface area contributed by atoms with Gasteiger partial charge in [0.2, 0.25) is 10.0 Å². The average Bonchev–Trinajstić information content (AvgIpc) is 2.59. The number of rotatable bonds is 8. The molecule has 0 aliphatic carbocycles. The highest BCUT2D eigenvalue weighted by molar-refractivity contribution is 9.10. The summed E-state index contributed by atoms with van der Waals surface area (Å²) in [5, 5.41) is 2.70. The maximum atomic E-state index is 12.1. The number of hydrogen-bond acceptors (Lipinski definition) is 4. The summed E-state index contributed by atoms with van der Waals surface area (Å²) in [7, 11) is -3.52. The third kappa shape index (κ3) is 6.05. The molecule has 0 aliphatic rings. The molecular weight excluding hydrogens is 432 g/mol. The quantitative estimate of drug-likeness (QED) is 0.635. The van der Waals surface area contributed by atoms with E-state index in [1.54, 1.807) is 12.1 Å². The van der Waals surface area contributed by atoms with Gasteiger partial charge in [-0.15, -0.1) is 0 Å². The fraction of sp³-hybridized carbons (Fsp3) is 0.316. The van der Waals surface area contributed by atoms with Crippen molar-refractivity contribution >= 4 is 37.5 Å². The SMILES string of the molecule is CCCNS(=O)(=O)c1ccc(NC(=O)COc2c(C)cc(Br)cc2C)cc1. The van der Waals surface area contributed by atoms with Crippen LogP contribution < -0.4 is 14.8 Å². The van der Waals surface area contributed by atoms with Gasteiger partial charge < -0.3 is 10.1 Å². The second-order valence-electron chi connectivity index (χ2n) is 6.13. The second kappa shape index (κ2) is 9.34. The summed E-state index contributed by atoms with van der Waals surface area (Å²) in [6.07, 6.45) is 0.713. The van der Waals surface area contributed by atoms with E-state index < -0.39 is 10.0 Å². The zero-order chi connectivity index (χ0) is 20.0. The first-order chi connectivity index (χ1) is 12.7. The Morgan fingerprint density at radius 1 is 1.11 bits per heavy atom. The predicted octanol–water partition coefficient (Wildman–Crippen LogP) is 3.77. The third-order valence-corrected chi connectivity index (χ3v) is 5.70. The number of benzene rings is 2. The van der Waals surface area contributed by atoms with Crippen molar-refractivity contribution in [1.29, 1.82) is 0 Å². The molecule has 0 saturated heterocycles. The largest absolute Gasteiger partial charge is 0.483 e. The summed E-state index contributed by atoms with van der Waals surface area (Å²) in [5.41, 5.74) is 2.37. The molecule has 2 aromatic carbocycles. The molecule has 0 spiro atoms. The van der Waals surface area contributed by atoms with Crippen molar-refractivity contribution in [2.45, 2.75) is 32.1 Å². The van der Waals surface area contributed by atoms with Gasteiger partial charge >= 0.3 is 0 Å². The Balaban J connectivity index is 1.97. The van der Waals surface area contributed by atoms with E-state index in [1.807, 2.05) is 32.9 Å². The summed E-state index contributed by atoms with van der Waals surface area (Å²) in [4.78, 5) is 12.3. The molecule has 6 nitrogen and oxygen atoms in total. The van der Waals surface area contributed by atoms with Crippen LogP contribution in [-0.4, -0.2) is 27.5 Å². The van der Waals surface area contributed by atoms with Crippen LogP contribution in [0, 0.1) is 13.8 Å². The number of nitrogens with one attached hydrogen (secondary N) is 2. The Labute approximate surface area is 168 Å². The minimum atomic E-state index is -3.52. The minimum Gasteiger partial charge on any atom is -0.483 e. The molecule has 0 atom stereocenters. The van der Waals surface area contributed by atoms with Gasteiger partial charge in [-0.05, 0) is 67.8 Å². The molecule has 1 amide bonds. The molecule has 0 unspecified atom stereocenters. The van der Waals surface area contributed by atoms with Crippen LogP contribution >= 0.6 is 15.9 Å². The Morgan fingerprint density at radius 3 is 2.26 bits per heavy atom. The summed E-state index contributed by atoms with van der Waals surface area (Å²) in [6.45, 7) is 5.96. The van der Waals surface area contributed by atoms with Gasteiger partial charge in [0, 0.05) is 16.7 Å². The highest BCUT2D eigenvalue weighted by Gasteiger charge is 2.13. The van der Waals surface area contributed by atoms with Crippen LogP contribution in [0.1, 0.15) is 24.5 Å². The van der Waals surface area contributed by atoms with Gasteiger partial charge in [-0.25, -0.2) is 13.1 Å². The Bertz CT molecular complexity index is 889. The first-order valence-corrected chi connectivity index (χ1v) is 10.8. The standard InChI is InChI=1S/C19H23BrN2O4S/c1-4-9-21-27(24,25)17-7-5-16(6-8-17)22-18(23)12-26-19-13(2)10-15(20)11-14(19)3/h5-8,10-11,21H,4,9,12H2,1-3H3,(H,22,23). The normalized spacial score (nSPS) is 11.3. The van der Waals surface area contributed by atoms with Crippen LogP contribution in [0.25, 0.3) is 0 Å². The molecule has 0 aromatic heterocycles. The number of anilines is 1. The van der Waals surface area contributed by atoms with Gasteiger partial charge in [0.15, 0.2) is 6.61 Å². The Morgan fingerprint density at radius 2 is 1.70 bits per heavy atom. The summed E-state index contributed by atoms with van der Waals surface area (Å²) in [5.74, 6) is 0.355. The smallest absolute Gasteiger partial charge is 0.262 e. The minimum absolute atomic E-state index is 0.137. The molecule has 0 heterocycles. The van der Waals surface area contributed by atoms with Crippen molar-refractivity contribution in [2.24, 2.45) is 0 Å². The number of carbonyl (C=O) groups is 1. The molecule has 8 heteroatoms. The highest BCUT2D eigenvalue weighted by atomic mass is 79.9. The van der Waals surface area contributed by atoms with Crippen molar-refractivity contribution in [1.82, 2.24) is 4.72 Å². The summed E-state index contributed by atoms with van der Waals surface area (Å²) < 4.78 is 33.2. The lowest BCUT2D eigenvalue weighted by molar-refractivity contribution is -0.118. The van der Waals surface area contributed by atoms with E-state index in [1.165, 1.54) is 12.1 Å². The first kappa shape index (κ1) is 21.4. The van der Waals surface area contributed by atoms with Crippen molar-refractivity contribution in [3.63, 3.8) is 0 Å². The number of carbonyl (C=O) groups excluding carboxylic acids is 1. The first-order valence-electron chi connectivity index (χ1n) is 8.52. The van der Waals surface area contributed by atoms with Gasteiger partial charge in [0.05, 0.1) is 4.90 Å². The van der Waals surface area contributed by atoms with Gasteiger partial charge in [-0.2, -0.15) is 0 Å². The summed E-state index contributed by atoms with van der Waals surface area (Å²) in [6, 6.07) is 9.86. The van der Waals surface area contributed by atoms with E-state index >= 15 is 0 Å². The Hall–Kier alpha value is -1.90.